The number of piperazine rings is 1. The summed E-state index contributed by atoms with van der Waals surface area (Å²) in [5.41, 5.74) is 0.433. The number of halogens is 2. The number of benzene rings is 3. The molecule has 0 bridgehead atoms. The Morgan fingerprint density at radius 2 is 1.79 bits per heavy atom. The zero-order valence-corrected chi connectivity index (χ0v) is 23.1. The molecule has 10 heteroatoms. The molecule has 0 atom stereocenters. The minimum absolute atomic E-state index is 0.0590. The fourth-order valence-electron chi connectivity index (χ4n) is 4.74. The highest BCUT2D eigenvalue weighted by Gasteiger charge is 2.28. The topological polar surface area (TPSA) is 77.0 Å². The van der Waals surface area contributed by atoms with Crippen LogP contribution in [-0.4, -0.2) is 66.6 Å². The first-order chi connectivity index (χ1) is 18.7. The van der Waals surface area contributed by atoms with E-state index in [-0.39, 0.29) is 29.0 Å². The van der Waals surface area contributed by atoms with Gasteiger partial charge in [-0.25, -0.2) is 19.2 Å². The highest BCUT2D eigenvalue weighted by atomic mass is 35.5. The molecule has 1 aliphatic rings. The van der Waals surface area contributed by atoms with Crippen LogP contribution in [0.2, 0.25) is 5.02 Å². The number of hydrogen-bond acceptors (Lipinski definition) is 7. The van der Waals surface area contributed by atoms with Gasteiger partial charge in [-0.1, -0.05) is 35.9 Å². The van der Waals surface area contributed by atoms with Crippen LogP contribution in [0, 0.1) is 5.82 Å². The van der Waals surface area contributed by atoms with Gasteiger partial charge in [-0.15, -0.1) is 0 Å². The Kier molecular flexibility index (Phi) is 7.46. The standard InChI is InChI=1S/C29H30ClFN4O4/c1-29(2,3)39-28(36)35-11-9-34(10-12-35)27-22-15-23(30)24(25(31)26(22)32-16-33-27)21-14-19(38-17-37-4)13-18-7-5-6-8-20(18)21/h5-8,13-16H,9-12,17H2,1-4H3. The fraction of sp³-hybridized carbons (Fsp3) is 0.345. The van der Waals surface area contributed by atoms with Gasteiger partial charge in [0, 0.05) is 44.2 Å². The molecule has 1 aromatic heterocycles. The number of anilines is 1. The molecule has 2 heterocycles. The molecular weight excluding hydrogens is 523 g/mol. The maximum Gasteiger partial charge on any atom is 0.410 e. The van der Waals surface area contributed by atoms with Crippen molar-refractivity contribution >= 4 is 45.2 Å². The van der Waals surface area contributed by atoms with E-state index in [4.69, 9.17) is 25.8 Å². The molecular formula is C29H30ClFN4O4. The summed E-state index contributed by atoms with van der Waals surface area (Å²) in [7, 11) is 1.54. The number of carbonyl (C=O) groups is 1. The van der Waals surface area contributed by atoms with Gasteiger partial charge in [0.15, 0.2) is 12.6 Å². The first kappa shape index (κ1) is 26.9. The van der Waals surface area contributed by atoms with E-state index in [0.717, 1.165) is 10.8 Å². The highest BCUT2D eigenvalue weighted by Crippen LogP contribution is 2.42. The van der Waals surface area contributed by atoms with E-state index in [1.165, 1.54) is 13.4 Å². The van der Waals surface area contributed by atoms with E-state index in [9.17, 15) is 4.79 Å². The summed E-state index contributed by atoms with van der Waals surface area (Å²) >= 11 is 6.79. The van der Waals surface area contributed by atoms with Crippen LogP contribution < -0.4 is 9.64 Å². The van der Waals surface area contributed by atoms with Gasteiger partial charge in [-0.2, -0.15) is 0 Å². The van der Waals surface area contributed by atoms with Crippen LogP contribution in [-0.2, 0) is 9.47 Å². The number of nitrogens with zero attached hydrogens (tertiary/aromatic N) is 4. The highest BCUT2D eigenvalue weighted by molar-refractivity contribution is 6.35. The Hall–Kier alpha value is -3.69. The molecule has 1 saturated heterocycles. The maximum absolute atomic E-state index is 16.3. The summed E-state index contributed by atoms with van der Waals surface area (Å²) in [6.07, 6.45) is 1.01. The molecule has 0 spiro atoms. The lowest BCUT2D eigenvalue weighted by molar-refractivity contribution is 0.0240. The Labute approximate surface area is 231 Å². The average molecular weight is 553 g/mol. The first-order valence-electron chi connectivity index (χ1n) is 12.7. The van der Waals surface area contributed by atoms with E-state index in [0.29, 0.717) is 48.7 Å². The number of rotatable bonds is 5. The van der Waals surface area contributed by atoms with Crippen LogP contribution in [0.15, 0.2) is 48.8 Å². The summed E-state index contributed by atoms with van der Waals surface area (Å²) in [6.45, 7) is 7.50. The molecule has 0 unspecified atom stereocenters. The van der Waals surface area contributed by atoms with Crippen molar-refractivity contribution in [1.29, 1.82) is 0 Å². The lowest BCUT2D eigenvalue weighted by Crippen LogP contribution is -2.50. The largest absolute Gasteiger partial charge is 0.468 e. The fourth-order valence-corrected chi connectivity index (χ4v) is 5.04. The van der Waals surface area contributed by atoms with E-state index in [1.807, 2.05) is 56.0 Å². The van der Waals surface area contributed by atoms with Gasteiger partial charge in [0.05, 0.1) is 5.02 Å². The maximum atomic E-state index is 16.3. The second-order valence-corrected chi connectivity index (χ2v) is 10.7. The third-order valence-electron chi connectivity index (χ3n) is 6.48. The van der Waals surface area contributed by atoms with Crippen LogP contribution in [0.25, 0.3) is 32.8 Å². The van der Waals surface area contributed by atoms with Crippen LogP contribution in [0.3, 0.4) is 0 Å². The molecule has 1 fully saturated rings. The van der Waals surface area contributed by atoms with Gasteiger partial charge >= 0.3 is 6.09 Å². The molecule has 8 nitrogen and oxygen atoms in total. The number of aromatic nitrogens is 2. The van der Waals surface area contributed by atoms with Gasteiger partial charge < -0.3 is 24.0 Å². The Morgan fingerprint density at radius 3 is 2.51 bits per heavy atom. The second kappa shape index (κ2) is 10.8. The van der Waals surface area contributed by atoms with E-state index < -0.39 is 11.4 Å². The first-order valence-corrected chi connectivity index (χ1v) is 13.0. The second-order valence-electron chi connectivity index (χ2n) is 10.3. The predicted molar refractivity (Wildman–Crippen MR) is 150 cm³/mol. The zero-order valence-electron chi connectivity index (χ0n) is 22.3. The van der Waals surface area contributed by atoms with E-state index in [1.54, 1.807) is 17.0 Å². The van der Waals surface area contributed by atoms with Crippen LogP contribution in [0.1, 0.15) is 20.8 Å². The minimum Gasteiger partial charge on any atom is -0.468 e. The number of carbonyl (C=O) groups excluding carboxylic acids is 1. The summed E-state index contributed by atoms with van der Waals surface area (Å²) in [6, 6.07) is 13.0. The van der Waals surface area contributed by atoms with Crippen LogP contribution in [0.5, 0.6) is 5.75 Å². The third-order valence-corrected chi connectivity index (χ3v) is 6.78. The number of hydrogen-bond donors (Lipinski definition) is 0. The molecule has 0 saturated carbocycles. The third kappa shape index (κ3) is 5.55. The van der Waals surface area contributed by atoms with Crippen molar-refractivity contribution in [3.63, 3.8) is 0 Å². The summed E-state index contributed by atoms with van der Waals surface area (Å²) in [4.78, 5) is 24.9. The summed E-state index contributed by atoms with van der Waals surface area (Å²) in [5, 5.41) is 2.45. The predicted octanol–water partition coefficient (Wildman–Crippen LogP) is 6.28. The minimum atomic E-state index is -0.566. The Morgan fingerprint density at radius 1 is 1.05 bits per heavy atom. The number of amides is 1. The van der Waals surface area contributed by atoms with Crippen molar-refractivity contribution < 1.29 is 23.4 Å². The monoisotopic (exact) mass is 552 g/mol. The molecule has 5 rings (SSSR count). The summed E-state index contributed by atoms with van der Waals surface area (Å²) in [5.74, 6) is 0.563. The van der Waals surface area contributed by atoms with Gasteiger partial charge in [0.2, 0.25) is 0 Å². The molecule has 1 amide bonds. The van der Waals surface area contributed by atoms with Crippen molar-refractivity contribution in [3.05, 3.63) is 59.6 Å². The van der Waals surface area contributed by atoms with Crippen LogP contribution >= 0.6 is 11.6 Å². The number of ether oxygens (including phenoxy) is 3. The van der Waals surface area contributed by atoms with Gasteiger partial charge in [0.1, 0.15) is 29.0 Å². The molecule has 3 aromatic carbocycles. The van der Waals surface area contributed by atoms with Crippen molar-refractivity contribution in [2.75, 3.05) is 45.0 Å². The van der Waals surface area contributed by atoms with E-state index in [2.05, 4.69) is 9.97 Å². The zero-order chi connectivity index (χ0) is 27.7. The molecule has 0 N–H and O–H groups in total. The molecule has 39 heavy (non-hydrogen) atoms. The summed E-state index contributed by atoms with van der Waals surface area (Å²) < 4.78 is 32.5. The van der Waals surface area contributed by atoms with Crippen molar-refractivity contribution in [3.8, 4) is 16.9 Å². The smallest absolute Gasteiger partial charge is 0.410 e. The average Bonchev–Trinajstić information content (AvgIpc) is 2.91. The molecule has 4 aromatic rings. The van der Waals surface area contributed by atoms with Gasteiger partial charge in [-0.05, 0) is 55.3 Å². The number of methoxy groups -OCH3 is 1. The number of fused-ring (bicyclic) bond motifs is 2. The quantitative estimate of drug-likeness (QED) is 0.270. The molecule has 0 radical (unpaired) electrons. The van der Waals surface area contributed by atoms with Gasteiger partial charge in [-0.3, -0.25) is 0 Å². The lowest BCUT2D eigenvalue weighted by Gasteiger charge is -2.36. The van der Waals surface area contributed by atoms with Gasteiger partial charge in [0.25, 0.3) is 0 Å². The molecule has 1 aliphatic heterocycles. The Balaban J connectivity index is 1.52. The SMILES string of the molecule is COCOc1cc(-c2c(Cl)cc3c(N4CCN(C(=O)OC(C)(C)C)CC4)ncnc3c2F)c2ccccc2c1. The van der Waals surface area contributed by atoms with Crippen molar-refractivity contribution in [2.24, 2.45) is 0 Å². The van der Waals surface area contributed by atoms with E-state index >= 15 is 4.39 Å². The molecule has 204 valence electrons. The van der Waals surface area contributed by atoms with Crippen LogP contribution in [0.4, 0.5) is 15.0 Å². The molecule has 0 aliphatic carbocycles. The van der Waals surface area contributed by atoms with Crippen molar-refractivity contribution in [1.82, 2.24) is 14.9 Å². The van der Waals surface area contributed by atoms with Crippen molar-refractivity contribution in [2.45, 2.75) is 26.4 Å². The lowest BCUT2D eigenvalue weighted by atomic mass is 9.96. The normalized spacial score (nSPS) is 14.2. The Bertz CT molecular complexity index is 1530.